The molecule has 2 aliphatic rings. The lowest BCUT2D eigenvalue weighted by Crippen LogP contribution is -2.37. The van der Waals surface area contributed by atoms with Crippen LogP contribution < -0.4 is 10.1 Å². The molecule has 2 N–H and O–H groups in total. The third-order valence-electron chi connectivity index (χ3n) is 5.97. The van der Waals surface area contributed by atoms with Gasteiger partial charge in [0.2, 0.25) is 5.88 Å². The molecule has 0 radical (unpaired) electrons. The number of aromatic amines is 1. The van der Waals surface area contributed by atoms with E-state index in [1.165, 1.54) is 12.8 Å². The zero-order valence-corrected chi connectivity index (χ0v) is 16.7. The number of hydrogen-bond donors (Lipinski definition) is 2. The third kappa shape index (κ3) is 3.35. The summed E-state index contributed by atoms with van der Waals surface area (Å²) in [6, 6.07) is 7.04. The van der Waals surface area contributed by atoms with Gasteiger partial charge in [-0.25, -0.2) is 4.98 Å². The van der Waals surface area contributed by atoms with E-state index in [9.17, 15) is 0 Å². The fraction of sp³-hybridized carbons (Fsp3) is 0.348. The van der Waals surface area contributed by atoms with Crippen LogP contribution in [0.3, 0.4) is 0 Å². The van der Waals surface area contributed by atoms with Gasteiger partial charge in [0.15, 0.2) is 0 Å². The first-order chi connectivity index (χ1) is 14.8. The van der Waals surface area contributed by atoms with Gasteiger partial charge >= 0.3 is 0 Å². The van der Waals surface area contributed by atoms with Gasteiger partial charge in [-0.05, 0) is 49.9 Å². The molecule has 1 atom stereocenters. The molecule has 1 aliphatic heterocycles. The van der Waals surface area contributed by atoms with Gasteiger partial charge in [0, 0.05) is 41.0 Å². The molecule has 7 nitrogen and oxygen atoms in total. The normalized spacial score (nSPS) is 19.3. The number of ether oxygens (including phenoxy) is 1. The van der Waals surface area contributed by atoms with Gasteiger partial charge in [0.05, 0.1) is 30.3 Å². The largest absolute Gasteiger partial charge is 0.472 e. The van der Waals surface area contributed by atoms with Crippen LogP contribution in [0, 0.1) is 0 Å². The van der Waals surface area contributed by atoms with Crippen molar-refractivity contribution in [3.05, 3.63) is 49.2 Å². The van der Waals surface area contributed by atoms with Crippen LogP contribution in [0.1, 0.15) is 31.7 Å². The van der Waals surface area contributed by atoms with Crippen LogP contribution in [0.5, 0.6) is 5.88 Å². The summed E-state index contributed by atoms with van der Waals surface area (Å²) in [5.41, 5.74) is 5.22. The average Bonchev–Trinajstić information content (AvgIpc) is 3.36. The summed E-state index contributed by atoms with van der Waals surface area (Å²) in [6.45, 7) is 1.92. The smallest absolute Gasteiger partial charge is 0.233 e. The molecule has 2 fully saturated rings. The summed E-state index contributed by atoms with van der Waals surface area (Å²) >= 11 is 0. The van der Waals surface area contributed by atoms with Crippen molar-refractivity contribution in [1.29, 1.82) is 0 Å². The second kappa shape index (κ2) is 7.25. The number of hydrogen-bond acceptors (Lipinski definition) is 5. The number of fused-ring (bicyclic) bond motifs is 1. The molecule has 4 heterocycles. The first kappa shape index (κ1) is 17.7. The molecule has 0 amide bonds. The van der Waals surface area contributed by atoms with Gasteiger partial charge in [-0.1, -0.05) is 6.07 Å². The highest BCUT2D eigenvalue weighted by Crippen LogP contribution is 2.36. The van der Waals surface area contributed by atoms with Crippen LogP contribution in [0.2, 0.25) is 0 Å². The standard InChI is InChI=1S/C23H24N6O/c1-2-18(10-24-7-1)30-23-13-25-12-22(28-23)20-11-26-21-6-3-15(8-19(20)21)16-9-27-29(14-16)17-4-5-17/h3,6,8-9,11-14,17-18,24,26H,1-2,4-5,7,10H2/t18-/m1/s1. The highest BCUT2D eigenvalue weighted by molar-refractivity contribution is 5.97. The quantitative estimate of drug-likeness (QED) is 0.530. The van der Waals surface area contributed by atoms with Crippen molar-refractivity contribution in [1.82, 2.24) is 30.0 Å². The Morgan fingerprint density at radius 2 is 2.03 bits per heavy atom. The topological polar surface area (TPSA) is 80.7 Å². The van der Waals surface area contributed by atoms with E-state index < -0.39 is 0 Å². The lowest BCUT2D eigenvalue weighted by atomic mass is 10.0. The molecule has 30 heavy (non-hydrogen) atoms. The van der Waals surface area contributed by atoms with Crippen molar-refractivity contribution in [2.75, 3.05) is 13.1 Å². The molecule has 3 aromatic heterocycles. The minimum atomic E-state index is 0.154. The van der Waals surface area contributed by atoms with Crippen molar-refractivity contribution in [3.8, 4) is 28.3 Å². The highest BCUT2D eigenvalue weighted by atomic mass is 16.5. The minimum Gasteiger partial charge on any atom is -0.472 e. The van der Waals surface area contributed by atoms with Gasteiger partial charge in [-0.15, -0.1) is 0 Å². The van der Waals surface area contributed by atoms with Crippen molar-refractivity contribution in [2.24, 2.45) is 0 Å². The summed E-state index contributed by atoms with van der Waals surface area (Å²) in [6.07, 6.45) is 14.4. The lowest BCUT2D eigenvalue weighted by molar-refractivity contribution is 0.160. The van der Waals surface area contributed by atoms with Gasteiger partial charge in [-0.2, -0.15) is 5.10 Å². The number of benzene rings is 1. The first-order valence-electron chi connectivity index (χ1n) is 10.7. The molecule has 7 heteroatoms. The maximum atomic E-state index is 6.07. The zero-order valence-electron chi connectivity index (χ0n) is 16.7. The van der Waals surface area contributed by atoms with Gasteiger partial charge in [0.25, 0.3) is 0 Å². The Labute approximate surface area is 174 Å². The van der Waals surface area contributed by atoms with Crippen LogP contribution in [-0.4, -0.2) is 43.9 Å². The molecular formula is C23H24N6O. The molecule has 0 bridgehead atoms. The maximum absolute atomic E-state index is 6.07. The van der Waals surface area contributed by atoms with E-state index in [1.54, 1.807) is 12.4 Å². The number of nitrogens with one attached hydrogen (secondary N) is 2. The molecule has 1 aromatic carbocycles. The molecular weight excluding hydrogens is 376 g/mol. The van der Waals surface area contributed by atoms with E-state index in [0.717, 1.165) is 59.2 Å². The minimum absolute atomic E-state index is 0.154. The monoisotopic (exact) mass is 400 g/mol. The van der Waals surface area contributed by atoms with E-state index in [0.29, 0.717) is 11.9 Å². The van der Waals surface area contributed by atoms with E-state index in [4.69, 9.17) is 9.72 Å². The van der Waals surface area contributed by atoms with Crippen LogP contribution in [0.4, 0.5) is 0 Å². The van der Waals surface area contributed by atoms with Crippen molar-refractivity contribution < 1.29 is 4.74 Å². The van der Waals surface area contributed by atoms with Gasteiger partial charge in [-0.3, -0.25) is 9.67 Å². The molecule has 1 saturated carbocycles. The van der Waals surface area contributed by atoms with Crippen LogP contribution in [0.25, 0.3) is 33.3 Å². The molecule has 0 spiro atoms. The predicted molar refractivity (Wildman–Crippen MR) is 115 cm³/mol. The van der Waals surface area contributed by atoms with Crippen LogP contribution in [-0.2, 0) is 0 Å². The summed E-state index contributed by atoms with van der Waals surface area (Å²) in [4.78, 5) is 12.5. The van der Waals surface area contributed by atoms with Gasteiger partial charge in [0.1, 0.15) is 6.10 Å². The van der Waals surface area contributed by atoms with Crippen LogP contribution in [0.15, 0.2) is 49.2 Å². The number of nitrogens with zero attached hydrogens (tertiary/aromatic N) is 4. The Kier molecular flexibility index (Phi) is 4.27. The number of H-pyrrole nitrogens is 1. The Balaban J connectivity index is 1.32. The molecule has 4 aromatic rings. The first-order valence-corrected chi connectivity index (χ1v) is 10.7. The van der Waals surface area contributed by atoms with E-state index >= 15 is 0 Å². The summed E-state index contributed by atoms with van der Waals surface area (Å²) < 4.78 is 8.16. The van der Waals surface area contributed by atoms with E-state index in [1.807, 2.05) is 12.4 Å². The maximum Gasteiger partial charge on any atom is 0.233 e. The van der Waals surface area contributed by atoms with Crippen molar-refractivity contribution >= 4 is 10.9 Å². The Morgan fingerprint density at radius 3 is 2.90 bits per heavy atom. The second-order valence-corrected chi connectivity index (χ2v) is 8.23. The zero-order chi connectivity index (χ0) is 19.9. The number of rotatable bonds is 5. The molecule has 152 valence electrons. The SMILES string of the molecule is c1cc2[nH]cc(-c3cncc(O[C@@H]4CCCNC4)n3)c2cc1-c1cnn(C2CC2)c1. The fourth-order valence-electron chi connectivity index (χ4n) is 4.16. The van der Waals surface area contributed by atoms with E-state index in [2.05, 4.69) is 49.5 Å². The highest BCUT2D eigenvalue weighted by Gasteiger charge is 2.24. The molecule has 6 rings (SSSR count). The van der Waals surface area contributed by atoms with Gasteiger partial charge < -0.3 is 15.0 Å². The Morgan fingerprint density at radius 1 is 1.07 bits per heavy atom. The molecule has 1 saturated heterocycles. The predicted octanol–water partition coefficient (Wildman–Crippen LogP) is 3.95. The molecule has 0 unspecified atom stereocenters. The second-order valence-electron chi connectivity index (χ2n) is 8.23. The van der Waals surface area contributed by atoms with Crippen molar-refractivity contribution in [2.45, 2.75) is 37.8 Å². The summed E-state index contributed by atoms with van der Waals surface area (Å²) in [5, 5.41) is 9.03. The van der Waals surface area contributed by atoms with Crippen molar-refractivity contribution in [3.63, 3.8) is 0 Å². The summed E-state index contributed by atoms with van der Waals surface area (Å²) in [7, 11) is 0. The number of aromatic nitrogens is 5. The Bertz CT molecular complexity index is 1190. The van der Waals surface area contributed by atoms with E-state index in [-0.39, 0.29) is 6.10 Å². The summed E-state index contributed by atoms with van der Waals surface area (Å²) in [5.74, 6) is 0.581. The molecule has 1 aliphatic carbocycles. The lowest BCUT2D eigenvalue weighted by Gasteiger charge is -2.23. The number of piperidine rings is 1. The fourth-order valence-corrected chi connectivity index (χ4v) is 4.16. The average molecular weight is 400 g/mol. The Hall–Kier alpha value is -3.19. The third-order valence-corrected chi connectivity index (χ3v) is 5.97. The van der Waals surface area contributed by atoms with Crippen LogP contribution >= 0.6 is 0 Å².